The first-order valence-electron chi connectivity index (χ1n) is 7.48. The summed E-state index contributed by atoms with van der Waals surface area (Å²) >= 11 is 0. The van der Waals surface area contributed by atoms with E-state index in [1.165, 1.54) is 58.0 Å². The van der Waals surface area contributed by atoms with Crippen LogP contribution in [0.5, 0.6) is 0 Å². The fraction of sp³-hybridized carbons (Fsp3) is 1.00. The predicted molar refractivity (Wildman–Crippen MR) is 76.5 cm³/mol. The Morgan fingerprint density at radius 2 is 1.38 bits per heavy atom. The molecule has 1 fully saturated rings. The Kier molecular flexibility index (Phi) is 6.67. The molecule has 0 unspecified atom stereocenters. The number of hydrogen-bond acceptors (Lipinski definition) is 1. The Labute approximate surface area is 104 Å². The van der Waals surface area contributed by atoms with Gasteiger partial charge in [0.1, 0.15) is 8.24 Å². The molecule has 0 atom stereocenters. The Hall–Kier alpha value is 0.177. The van der Waals surface area contributed by atoms with Crippen molar-refractivity contribution >= 4 is 8.24 Å². The van der Waals surface area contributed by atoms with Gasteiger partial charge in [-0.05, 0) is 38.0 Å². The molecule has 0 aromatic carbocycles. The van der Waals surface area contributed by atoms with Gasteiger partial charge < -0.3 is 4.57 Å². The summed E-state index contributed by atoms with van der Waals surface area (Å²) in [6.45, 7) is 10.1. The van der Waals surface area contributed by atoms with E-state index in [1.807, 2.05) is 0 Å². The van der Waals surface area contributed by atoms with Crippen molar-refractivity contribution in [3.05, 3.63) is 0 Å². The van der Waals surface area contributed by atoms with Gasteiger partial charge in [-0.25, -0.2) is 0 Å². The normalized spacial score (nSPS) is 20.2. The van der Waals surface area contributed by atoms with E-state index in [0.29, 0.717) is 0 Å². The fourth-order valence-corrected chi connectivity index (χ4v) is 7.28. The molecule has 0 aromatic rings. The SMILES string of the molecule is CCCCN(CCCC)[Si]1(C)CCCCC1. The summed E-state index contributed by atoms with van der Waals surface area (Å²) in [6.07, 6.45) is 10.0. The molecular formula is C14H31NSi. The van der Waals surface area contributed by atoms with Crippen LogP contribution in [0.4, 0.5) is 0 Å². The van der Waals surface area contributed by atoms with E-state index >= 15 is 0 Å². The van der Waals surface area contributed by atoms with Gasteiger partial charge in [-0.15, -0.1) is 0 Å². The Bertz CT molecular complexity index is 168. The van der Waals surface area contributed by atoms with Crippen molar-refractivity contribution in [3.63, 3.8) is 0 Å². The third-order valence-electron chi connectivity index (χ3n) is 4.26. The largest absolute Gasteiger partial charge is 0.323 e. The molecule has 1 rings (SSSR count). The van der Waals surface area contributed by atoms with E-state index in [1.54, 1.807) is 12.1 Å². The molecular weight excluding hydrogens is 210 g/mol. The first-order chi connectivity index (χ1) is 7.73. The lowest BCUT2D eigenvalue weighted by Gasteiger charge is -2.42. The van der Waals surface area contributed by atoms with Gasteiger partial charge in [0.15, 0.2) is 0 Å². The van der Waals surface area contributed by atoms with Crippen LogP contribution < -0.4 is 0 Å². The van der Waals surface area contributed by atoms with Crippen molar-refractivity contribution < 1.29 is 0 Å². The molecule has 16 heavy (non-hydrogen) atoms. The highest BCUT2D eigenvalue weighted by atomic mass is 28.3. The summed E-state index contributed by atoms with van der Waals surface area (Å²) in [6, 6.07) is 3.14. The lowest BCUT2D eigenvalue weighted by Crippen LogP contribution is -2.52. The molecule has 2 heteroatoms. The molecule has 1 heterocycles. The van der Waals surface area contributed by atoms with Crippen LogP contribution in [-0.4, -0.2) is 25.9 Å². The average molecular weight is 241 g/mol. The van der Waals surface area contributed by atoms with Gasteiger partial charge >= 0.3 is 0 Å². The Balaban J connectivity index is 2.50. The standard InChI is InChI=1S/C14H31NSi/c1-4-6-11-15(12-7-5-2)16(3)13-9-8-10-14-16/h4-14H2,1-3H3. The second-order valence-electron chi connectivity index (χ2n) is 5.75. The molecule has 0 aromatic heterocycles. The van der Waals surface area contributed by atoms with Gasteiger partial charge in [-0.1, -0.05) is 52.5 Å². The monoisotopic (exact) mass is 241 g/mol. The third kappa shape index (κ3) is 4.21. The Morgan fingerprint density at radius 1 is 0.875 bits per heavy atom. The summed E-state index contributed by atoms with van der Waals surface area (Å²) in [5.41, 5.74) is 0. The van der Waals surface area contributed by atoms with Crippen molar-refractivity contribution in [1.82, 2.24) is 4.57 Å². The quantitative estimate of drug-likeness (QED) is 0.587. The zero-order chi connectivity index (χ0) is 11.9. The van der Waals surface area contributed by atoms with Crippen molar-refractivity contribution in [2.75, 3.05) is 13.1 Å². The molecule has 1 aliphatic heterocycles. The predicted octanol–water partition coefficient (Wildman–Crippen LogP) is 4.65. The highest BCUT2D eigenvalue weighted by molar-refractivity contribution is 6.76. The third-order valence-corrected chi connectivity index (χ3v) is 9.09. The maximum Gasteiger partial charge on any atom is 0.125 e. The summed E-state index contributed by atoms with van der Waals surface area (Å²) in [4.78, 5) is 0. The summed E-state index contributed by atoms with van der Waals surface area (Å²) in [7, 11) is -1.01. The lowest BCUT2D eigenvalue weighted by atomic mass is 10.3. The number of unbranched alkanes of at least 4 members (excludes halogenated alkanes) is 2. The van der Waals surface area contributed by atoms with Gasteiger partial charge in [0.05, 0.1) is 0 Å². The zero-order valence-electron chi connectivity index (χ0n) is 11.7. The van der Waals surface area contributed by atoms with Gasteiger partial charge in [-0.2, -0.15) is 0 Å². The van der Waals surface area contributed by atoms with E-state index < -0.39 is 8.24 Å². The van der Waals surface area contributed by atoms with Gasteiger partial charge in [0, 0.05) is 0 Å². The summed E-state index contributed by atoms with van der Waals surface area (Å²) in [5, 5.41) is 0. The maximum absolute atomic E-state index is 2.94. The first-order valence-corrected chi connectivity index (χ1v) is 10.3. The molecule has 1 saturated heterocycles. The summed E-state index contributed by atoms with van der Waals surface area (Å²) < 4.78 is 2.94. The highest BCUT2D eigenvalue weighted by Crippen LogP contribution is 2.31. The number of rotatable bonds is 7. The molecule has 0 radical (unpaired) electrons. The van der Waals surface area contributed by atoms with Crippen molar-refractivity contribution in [2.24, 2.45) is 0 Å². The van der Waals surface area contributed by atoms with Crippen LogP contribution in [0, 0.1) is 0 Å². The lowest BCUT2D eigenvalue weighted by molar-refractivity contribution is 0.386. The minimum atomic E-state index is -1.01. The van der Waals surface area contributed by atoms with Crippen LogP contribution in [0.25, 0.3) is 0 Å². The molecule has 0 saturated carbocycles. The topological polar surface area (TPSA) is 3.24 Å². The van der Waals surface area contributed by atoms with Gasteiger partial charge in [0.2, 0.25) is 0 Å². The molecule has 96 valence electrons. The van der Waals surface area contributed by atoms with Gasteiger partial charge in [-0.3, -0.25) is 0 Å². The zero-order valence-corrected chi connectivity index (χ0v) is 12.7. The maximum atomic E-state index is 2.94. The molecule has 1 nitrogen and oxygen atoms in total. The van der Waals surface area contributed by atoms with Crippen molar-refractivity contribution in [3.8, 4) is 0 Å². The molecule has 0 N–H and O–H groups in total. The minimum Gasteiger partial charge on any atom is -0.323 e. The van der Waals surface area contributed by atoms with E-state index in [0.717, 1.165) is 0 Å². The molecule has 0 spiro atoms. The highest BCUT2D eigenvalue weighted by Gasteiger charge is 2.34. The Morgan fingerprint density at radius 3 is 1.81 bits per heavy atom. The fourth-order valence-electron chi connectivity index (χ4n) is 2.98. The number of hydrogen-bond donors (Lipinski definition) is 0. The average Bonchev–Trinajstić information content (AvgIpc) is 2.30. The first kappa shape index (κ1) is 14.2. The molecule has 0 aliphatic carbocycles. The number of nitrogens with zero attached hydrogens (tertiary/aromatic N) is 1. The second-order valence-corrected chi connectivity index (χ2v) is 10.4. The van der Waals surface area contributed by atoms with E-state index in [2.05, 4.69) is 25.0 Å². The molecule has 0 bridgehead atoms. The van der Waals surface area contributed by atoms with E-state index in [9.17, 15) is 0 Å². The van der Waals surface area contributed by atoms with Crippen molar-refractivity contribution in [1.29, 1.82) is 0 Å². The van der Waals surface area contributed by atoms with Gasteiger partial charge in [0.25, 0.3) is 0 Å². The van der Waals surface area contributed by atoms with E-state index in [4.69, 9.17) is 0 Å². The van der Waals surface area contributed by atoms with Crippen LogP contribution in [0.2, 0.25) is 18.6 Å². The van der Waals surface area contributed by atoms with Crippen LogP contribution in [-0.2, 0) is 0 Å². The van der Waals surface area contributed by atoms with E-state index in [-0.39, 0.29) is 0 Å². The van der Waals surface area contributed by atoms with Crippen LogP contribution in [0.15, 0.2) is 0 Å². The molecule has 1 aliphatic rings. The summed E-state index contributed by atoms with van der Waals surface area (Å²) in [5.74, 6) is 0. The minimum absolute atomic E-state index is 1.01. The molecule has 0 amide bonds. The van der Waals surface area contributed by atoms with Crippen LogP contribution in [0.1, 0.15) is 58.8 Å². The van der Waals surface area contributed by atoms with Crippen molar-refractivity contribution in [2.45, 2.75) is 77.4 Å². The smallest absolute Gasteiger partial charge is 0.125 e. The second kappa shape index (κ2) is 7.49. The van der Waals surface area contributed by atoms with Crippen LogP contribution in [0.3, 0.4) is 0 Å². The van der Waals surface area contributed by atoms with Crippen LogP contribution >= 0.6 is 0 Å².